The van der Waals surface area contributed by atoms with Crippen LogP contribution >= 0.6 is 18.7 Å². The minimum absolute atomic E-state index is 0.0799. The molecule has 4 heteroatoms. The molecule has 0 spiro atoms. The van der Waals surface area contributed by atoms with Gasteiger partial charge in [0.25, 0.3) is 0 Å². The molecule has 0 saturated carbocycles. The lowest BCUT2D eigenvalue weighted by Crippen LogP contribution is -2.14. The largest absolute Gasteiger partial charge is 0.507 e. The summed E-state index contributed by atoms with van der Waals surface area (Å²) in [6.07, 6.45) is 0. The molecule has 0 radical (unpaired) electrons. The predicted molar refractivity (Wildman–Crippen MR) is 144 cm³/mol. The van der Waals surface area contributed by atoms with Crippen molar-refractivity contribution in [3.63, 3.8) is 0 Å². The van der Waals surface area contributed by atoms with E-state index in [4.69, 9.17) is 11.6 Å². The Bertz CT molecular complexity index is 1490. The van der Waals surface area contributed by atoms with Crippen molar-refractivity contribution < 1.29 is 9.67 Å². The zero-order valence-electron chi connectivity index (χ0n) is 18.3. The van der Waals surface area contributed by atoms with Gasteiger partial charge < -0.3 is 9.67 Å². The van der Waals surface area contributed by atoms with E-state index in [1.165, 1.54) is 0 Å². The van der Waals surface area contributed by atoms with Crippen molar-refractivity contribution in [2.24, 2.45) is 0 Å². The molecule has 0 bridgehead atoms. The Morgan fingerprint density at radius 2 is 1.26 bits per heavy atom. The van der Waals surface area contributed by atoms with Crippen LogP contribution in [0.25, 0.3) is 16.3 Å². The number of benzene rings is 5. The summed E-state index contributed by atoms with van der Waals surface area (Å²) in [5.41, 5.74) is 2.09. The van der Waals surface area contributed by atoms with Crippen molar-refractivity contribution in [2.45, 2.75) is 0 Å². The molecule has 166 valence electrons. The highest BCUT2D eigenvalue weighted by atomic mass is 35.5. The topological polar surface area (TPSA) is 37.3 Å². The van der Waals surface area contributed by atoms with Crippen molar-refractivity contribution in [2.75, 3.05) is 0 Å². The molecule has 0 amide bonds. The van der Waals surface area contributed by atoms with Crippen molar-refractivity contribution in [1.82, 2.24) is 0 Å². The number of phenols is 1. The molecule has 0 heterocycles. The molecule has 0 aliphatic carbocycles. The maximum atomic E-state index is 14.9. The molecular formula is C30H22ClO2P. The van der Waals surface area contributed by atoms with Crippen molar-refractivity contribution in [3.8, 4) is 5.75 Å². The van der Waals surface area contributed by atoms with Crippen LogP contribution in [0.5, 0.6) is 5.75 Å². The number of rotatable bonds is 5. The van der Waals surface area contributed by atoms with Gasteiger partial charge in [-0.2, -0.15) is 0 Å². The Hall–Kier alpha value is -3.58. The van der Waals surface area contributed by atoms with Crippen LogP contribution in [0, 0.1) is 0 Å². The monoisotopic (exact) mass is 480 g/mol. The lowest BCUT2D eigenvalue weighted by molar-refractivity contribution is 0.473. The average molecular weight is 481 g/mol. The number of phenolic OH excluding ortho intramolecular Hbond substituents is 1. The van der Waals surface area contributed by atoms with Crippen molar-refractivity contribution in [1.29, 1.82) is 0 Å². The van der Waals surface area contributed by atoms with Crippen LogP contribution in [0.2, 0.25) is 5.02 Å². The van der Waals surface area contributed by atoms with Crippen LogP contribution in [-0.4, -0.2) is 5.11 Å². The fourth-order valence-electron chi connectivity index (χ4n) is 4.25. The third-order valence-corrected chi connectivity index (χ3v) is 8.91. The Morgan fingerprint density at radius 3 is 1.94 bits per heavy atom. The number of halogens is 1. The normalized spacial score (nSPS) is 12.1. The zero-order chi connectivity index (χ0) is 23.5. The Kier molecular flexibility index (Phi) is 6.11. The molecule has 5 aromatic carbocycles. The van der Waals surface area contributed by atoms with Gasteiger partial charge in [-0.3, -0.25) is 0 Å². The third-order valence-electron chi connectivity index (χ3n) is 5.92. The maximum Gasteiger partial charge on any atom is 0.164 e. The van der Waals surface area contributed by atoms with Gasteiger partial charge >= 0.3 is 0 Å². The summed E-state index contributed by atoms with van der Waals surface area (Å²) in [5, 5.41) is 14.9. The van der Waals surface area contributed by atoms with E-state index in [0.717, 1.165) is 26.9 Å². The van der Waals surface area contributed by atoms with E-state index in [2.05, 4.69) is 0 Å². The molecule has 1 N–H and O–H groups in total. The van der Waals surface area contributed by atoms with Crippen molar-refractivity contribution in [3.05, 3.63) is 143 Å². The van der Waals surface area contributed by atoms with Crippen LogP contribution in [0.4, 0.5) is 0 Å². The summed E-state index contributed by atoms with van der Waals surface area (Å²) in [4.78, 5) is 0. The van der Waals surface area contributed by atoms with Crippen LogP contribution in [-0.2, 0) is 4.57 Å². The van der Waals surface area contributed by atoms with Gasteiger partial charge in [-0.1, -0.05) is 115 Å². The minimum Gasteiger partial charge on any atom is -0.507 e. The van der Waals surface area contributed by atoms with Gasteiger partial charge in [-0.25, -0.2) is 0 Å². The summed E-state index contributed by atoms with van der Waals surface area (Å²) in [5.74, 6) is 1.90. The minimum atomic E-state index is -3.24. The first-order valence-corrected chi connectivity index (χ1v) is 13.1. The molecule has 0 fully saturated rings. The first-order valence-electron chi connectivity index (χ1n) is 11.0. The Morgan fingerprint density at radius 1 is 0.676 bits per heavy atom. The molecule has 2 nitrogen and oxygen atoms in total. The molecule has 0 aliphatic heterocycles. The van der Waals surface area contributed by atoms with Crippen LogP contribution in [0.15, 0.2) is 127 Å². The molecule has 0 unspecified atom stereocenters. The van der Waals surface area contributed by atoms with Crippen molar-refractivity contribution >= 4 is 45.7 Å². The standard InChI is InChI=1S/C30H22ClO2P/c31-23-18-19-30(32)28(20-23)29(27-17-9-11-22-10-7-8-16-26(22)27)21-34(33,24-12-3-1-4-13-24)25-14-5-2-6-15-25/h1-21,32H/b29-21-. The smallest absolute Gasteiger partial charge is 0.164 e. The molecule has 5 aromatic rings. The Labute approximate surface area is 204 Å². The first kappa shape index (κ1) is 22.2. The maximum absolute atomic E-state index is 14.9. The predicted octanol–water partition coefficient (Wildman–Crippen LogP) is 7.60. The van der Waals surface area contributed by atoms with Gasteiger partial charge in [-0.15, -0.1) is 0 Å². The fraction of sp³-hybridized carbons (Fsp3) is 0. The van der Waals surface area contributed by atoms with E-state index in [-0.39, 0.29) is 5.75 Å². The van der Waals surface area contributed by atoms with E-state index in [0.29, 0.717) is 16.2 Å². The number of fused-ring (bicyclic) bond motifs is 1. The summed E-state index contributed by atoms with van der Waals surface area (Å²) in [6.45, 7) is 0. The molecule has 0 atom stereocenters. The van der Waals surface area contributed by atoms with E-state index >= 15 is 0 Å². The molecular weight excluding hydrogens is 459 g/mol. The lowest BCUT2D eigenvalue weighted by atomic mass is 9.94. The Balaban J connectivity index is 1.88. The SMILES string of the molecule is O=P(/C=C(\c1cc(Cl)ccc1O)c1cccc2ccccc12)(c1ccccc1)c1ccccc1. The van der Waals surface area contributed by atoms with Crippen LogP contribution < -0.4 is 10.6 Å². The second kappa shape index (κ2) is 9.35. The second-order valence-electron chi connectivity index (χ2n) is 8.06. The second-order valence-corrected chi connectivity index (χ2v) is 11.1. The summed E-state index contributed by atoms with van der Waals surface area (Å²) in [6, 6.07) is 38.0. The number of hydrogen-bond acceptors (Lipinski definition) is 2. The molecule has 0 aliphatic rings. The van der Waals surface area contributed by atoms with E-state index in [1.54, 1.807) is 18.2 Å². The summed E-state index contributed by atoms with van der Waals surface area (Å²) in [7, 11) is -3.24. The summed E-state index contributed by atoms with van der Waals surface area (Å²) >= 11 is 6.36. The average Bonchev–Trinajstić information content (AvgIpc) is 2.89. The van der Waals surface area contributed by atoms with E-state index in [9.17, 15) is 9.67 Å². The van der Waals surface area contributed by atoms with Gasteiger partial charge in [0.1, 0.15) is 5.75 Å². The van der Waals surface area contributed by atoms with E-state index in [1.807, 2.05) is 109 Å². The quantitative estimate of drug-likeness (QED) is 0.263. The fourth-order valence-corrected chi connectivity index (χ4v) is 6.89. The highest BCUT2D eigenvalue weighted by molar-refractivity contribution is 7.81. The van der Waals surface area contributed by atoms with Crippen LogP contribution in [0.3, 0.4) is 0 Å². The molecule has 0 aromatic heterocycles. The first-order chi connectivity index (χ1) is 16.6. The number of aromatic hydroxyl groups is 1. The van der Waals surface area contributed by atoms with E-state index < -0.39 is 7.14 Å². The third kappa shape index (κ3) is 4.19. The van der Waals surface area contributed by atoms with Crippen LogP contribution in [0.1, 0.15) is 11.1 Å². The molecule has 5 rings (SSSR count). The highest BCUT2D eigenvalue weighted by Crippen LogP contribution is 2.50. The van der Waals surface area contributed by atoms with Gasteiger partial charge in [0.15, 0.2) is 7.14 Å². The highest BCUT2D eigenvalue weighted by Gasteiger charge is 2.27. The van der Waals surface area contributed by atoms with Gasteiger partial charge in [0.2, 0.25) is 0 Å². The lowest BCUT2D eigenvalue weighted by Gasteiger charge is -2.20. The molecule has 0 saturated heterocycles. The number of hydrogen-bond donors (Lipinski definition) is 1. The van der Waals surface area contributed by atoms with Gasteiger partial charge in [0.05, 0.1) is 0 Å². The van der Waals surface area contributed by atoms with Gasteiger partial charge in [-0.05, 0) is 45.9 Å². The summed E-state index contributed by atoms with van der Waals surface area (Å²) < 4.78 is 14.9. The zero-order valence-corrected chi connectivity index (χ0v) is 20.0. The molecule has 34 heavy (non-hydrogen) atoms. The van der Waals surface area contributed by atoms with Gasteiger partial charge in [0, 0.05) is 21.2 Å².